The van der Waals surface area contributed by atoms with Crippen LogP contribution in [0.2, 0.25) is 0 Å². The van der Waals surface area contributed by atoms with Crippen molar-refractivity contribution < 1.29 is 13.2 Å². The lowest BCUT2D eigenvalue weighted by Gasteiger charge is -2.25. The molecule has 0 fully saturated rings. The van der Waals surface area contributed by atoms with Crippen molar-refractivity contribution >= 4 is 10.0 Å². The summed E-state index contributed by atoms with van der Waals surface area (Å²) in [5.74, 6) is 0.942. The van der Waals surface area contributed by atoms with E-state index in [0.717, 1.165) is 16.9 Å². The van der Waals surface area contributed by atoms with Crippen LogP contribution in [0.3, 0.4) is 0 Å². The van der Waals surface area contributed by atoms with Crippen LogP contribution in [0.25, 0.3) is 0 Å². The molecule has 0 aliphatic carbocycles. The summed E-state index contributed by atoms with van der Waals surface area (Å²) in [5.41, 5.74) is 2.07. The van der Waals surface area contributed by atoms with Crippen molar-refractivity contribution in [3.8, 4) is 5.75 Å². The lowest BCUT2D eigenvalue weighted by atomic mass is 10.0. The van der Waals surface area contributed by atoms with Crippen LogP contribution < -0.4 is 9.46 Å². The average molecular weight is 317 g/mol. The van der Waals surface area contributed by atoms with Crippen LogP contribution in [-0.4, -0.2) is 26.8 Å². The number of aryl methyl sites for hydroxylation is 1. The number of sulfonamides is 1. The molecule has 2 aromatic rings. The van der Waals surface area contributed by atoms with E-state index in [9.17, 15) is 8.42 Å². The maximum atomic E-state index is 12.2. The van der Waals surface area contributed by atoms with Gasteiger partial charge in [0.15, 0.2) is 0 Å². The summed E-state index contributed by atoms with van der Waals surface area (Å²) in [5, 5.41) is 0. The maximum Gasteiger partial charge on any atom is 0.212 e. The van der Waals surface area contributed by atoms with Gasteiger partial charge in [-0.2, -0.15) is 0 Å². The van der Waals surface area contributed by atoms with Crippen LogP contribution >= 0.6 is 0 Å². The zero-order valence-corrected chi connectivity index (χ0v) is 13.1. The Morgan fingerprint density at radius 2 is 1.77 bits per heavy atom. The summed E-state index contributed by atoms with van der Waals surface area (Å²) < 4.78 is 32.8. The van der Waals surface area contributed by atoms with Crippen LogP contribution in [0.15, 0.2) is 54.6 Å². The molecule has 0 aromatic heterocycles. The second kappa shape index (κ2) is 6.50. The third-order valence-corrected chi connectivity index (χ3v) is 5.16. The molecule has 0 saturated carbocycles. The third-order valence-electron chi connectivity index (χ3n) is 3.73. The van der Waals surface area contributed by atoms with Crippen molar-refractivity contribution in [2.45, 2.75) is 18.9 Å². The van der Waals surface area contributed by atoms with Crippen molar-refractivity contribution in [1.29, 1.82) is 0 Å². The van der Waals surface area contributed by atoms with Gasteiger partial charge in [-0.1, -0.05) is 48.5 Å². The first-order chi connectivity index (χ1) is 10.6. The van der Waals surface area contributed by atoms with Crippen LogP contribution in [-0.2, 0) is 22.9 Å². The van der Waals surface area contributed by atoms with Gasteiger partial charge in [-0.25, -0.2) is 13.1 Å². The van der Waals surface area contributed by atoms with Gasteiger partial charge >= 0.3 is 0 Å². The summed E-state index contributed by atoms with van der Waals surface area (Å²) >= 11 is 0. The lowest BCUT2D eigenvalue weighted by Crippen LogP contribution is -2.43. The van der Waals surface area contributed by atoms with Crippen LogP contribution in [0, 0.1) is 0 Å². The Morgan fingerprint density at radius 3 is 2.59 bits per heavy atom. The van der Waals surface area contributed by atoms with Gasteiger partial charge in [-0.15, -0.1) is 0 Å². The molecule has 0 saturated heterocycles. The highest BCUT2D eigenvalue weighted by molar-refractivity contribution is 7.89. The Bertz CT molecular complexity index is 729. The highest BCUT2D eigenvalue weighted by Gasteiger charge is 2.23. The van der Waals surface area contributed by atoms with Crippen LogP contribution in [0.4, 0.5) is 0 Å². The molecule has 5 heteroatoms. The molecular weight excluding hydrogens is 298 g/mol. The number of ether oxygens (including phenoxy) is 1. The van der Waals surface area contributed by atoms with E-state index >= 15 is 0 Å². The molecule has 22 heavy (non-hydrogen) atoms. The van der Waals surface area contributed by atoms with Gasteiger partial charge in [0.2, 0.25) is 10.0 Å². The Hall–Kier alpha value is -1.85. The second-order valence-electron chi connectivity index (χ2n) is 5.49. The minimum absolute atomic E-state index is 0.0924. The molecule has 1 aliphatic heterocycles. The number of nitrogens with one attached hydrogen (secondary N) is 1. The molecule has 1 atom stereocenters. The fourth-order valence-corrected chi connectivity index (χ4v) is 3.89. The molecule has 0 bridgehead atoms. The van der Waals surface area contributed by atoms with Crippen molar-refractivity contribution in [2.24, 2.45) is 0 Å². The standard InChI is InChI=1S/C17H19NO3S/c19-22(20,11-10-14-6-2-1-3-7-14)18-16-12-15-8-4-5-9-17(15)21-13-16/h1-9,16,18H,10-13H2. The Balaban J connectivity index is 1.58. The van der Waals surface area contributed by atoms with Crippen molar-refractivity contribution in [3.63, 3.8) is 0 Å². The molecule has 4 nitrogen and oxygen atoms in total. The van der Waals surface area contributed by atoms with Gasteiger partial charge in [0.1, 0.15) is 12.4 Å². The Labute approximate surface area is 131 Å². The SMILES string of the molecule is O=S(=O)(CCc1ccccc1)NC1COc2ccccc2C1. The number of fused-ring (bicyclic) bond motifs is 1. The van der Waals surface area contributed by atoms with Gasteiger partial charge in [0.05, 0.1) is 11.8 Å². The summed E-state index contributed by atoms with van der Waals surface area (Å²) in [6.07, 6.45) is 1.18. The second-order valence-corrected chi connectivity index (χ2v) is 7.37. The van der Waals surface area contributed by atoms with E-state index in [0.29, 0.717) is 19.4 Å². The van der Waals surface area contributed by atoms with E-state index in [1.54, 1.807) is 0 Å². The minimum Gasteiger partial charge on any atom is -0.492 e. The first-order valence-electron chi connectivity index (χ1n) is 7.37. The Morgan fingerprint density at radius 1 is 1.05 bits per heavy atom. The first kappa shape index (κ1) is 15.1. The highest BCUT2D eigenvalue weighted by atomic mass is 32.2. The smallest absolute Gasteiger partial charge is 0.212 e. The summed E-state index contributed by atoms with van der Waals surface area (Å²) in [7, 11) is -3.31. The fourth-order valence-electron chi connectivity index (χ4n) is 2.61. The fraction of sp³-hybridized carbons (Fsp3) is 0.294. The number of rotatable bonds is 5. The van der Waals surface area contributed by atoms with Crippen molar-refractivity contribution in [2.75, 3.05) is 12.4 Å². The molecule has 0 amide bonds. The van der Waals surface area contributed by atoms with E-state index in [1.807, 2.05) is 54.6 Å². The predicted octanol–water partition coefficient (Wildman–Crippen LogP) is 2.15. The average Bonchev–Trinajstić information content (AvgIpc) is 2.54. The van der Waals surface area contributed by atoms with Crippen molar-refractivity contribution in [3.05, 3.63) is 65.7 Å². The molecule has 1 unspecified atom stereocenters. The van der Waals surface area contributed by atoms with Gasteiger partial charge in [-0.05, 0) is 30.0 Å². The third kappa shape index (κ3) is 3.87. The van der Waals surface area contributed by atoms with Gasteiger partial charge in [0.25, 0.3) is 0 Å². The zero-order valence-electron chi connectivity index (χ0n) is 12.2. The Kier molecular flexibility index (Phi) is 4.45. The van der Waals surface area contributed by atoms with E-state index in [4.69, 9.17) is 4.74 Å². The molecule has 116 valence electrons. The van der Waals surface area contributed by atoms with E-state index in [1.165, 1.54) is 0 Å². The van der Waals surface area contributed by atoms with E-state index < -0.39 is 10.0 Å². The number of hydrogen-bond acceptors (Lipinski definition) is 3. The molecule has 1 aliphatic rings. The van der Waals surface area contributed by atoms with Crippen LogP contribution in [0.1, 0.15) is 11.1 Å². The molecule has 3 rings (SSSR count). The molecule has 1 heterocycles. The molecule has 1 N–H and O–H groups in total. The van der Waals surface area contributed by atoms with Crippen LogP contribution in [0.5, 0.6) is 5.75 Å². The minimum atomic E-state index is -3.31. The highest BCUT2D eigenvalue weighted by Crippen LogP contribution is 2.24. The summed E-state index contributed by atoms with van der Waals surface area (Å²) in [6.45, 7) is 0.377. The predicted molar refractivity (Wildman–Crippen MR) is 86.5 cm³/mol. The molecule has 0 radical (unpaired) electrons. The van der Waals surface area contributed by atoms with Gasteiger partial charge < -0.3 is 4.74 Å². The number of benzene rings is 2. The normalized spacial score (nSPS) is 17.5. The summed E-state index contributed by atoms with van der Waals surface area (Å²) in [4.78, 5) is 0. The number of hydrogen-bond donors (Lipinski definition) is 1. The van der Waals surface area contributed by atoms with Gasteiger partial charge in [0, 0.05) is 0 Å². The van der Waals surface area contributed by atoms with E-state index in [2.05, 4.69) is 4.72 Å². The molecular formula is C17H19NO3S. The largest absolute Gasteiger partial charge is 0.492 e. The van der Waals surface area contributed by atoms with Gasteiger partial charge in [-0.3, -0.25) is 0 Å². The van der Waals surface area contributed by atoms with E-state index in [-0.39, 0.29) is 11.8 Å². The molecule has 2 aromatic carbocycles. The quantitative estimate of drug-likeness (QED) is 0.919. The topological polar surface area (TPSA) is 55.4 Å². The molecule has 0 spiro atoms. The number of para-hydroxylation sites is 1. The summed E-state index contributed by atoms with van der Waals surface area (Å²) in [6, 6.07) is 17.2. The van der Waals surface area contributed by atoms with Crippen molar-refractivity contribution in [1.82, 2.24) is 4.72 Å². The monoisotopic (exact) mass is 317 g/mol. The maximum absolute atomic E-state index is 12.2. The zero-order chi connectivity index (χ0) is 15.4. The lowest BCUT2D eigenvalue weighted by molar-refractivity contribution is 0.254. The first-order valence-corrected chi connectivity index (χ1v) is 9.02.